The number of nitrogens with zero attached hydrogens (tertiary/aromatic N) is 3. The van der Waals surface area contributed by atoms with E-state index in [9.17, 15) is 9.59 Å². The largest absolute Gasteiger partial charge is 0.323 e. The zero-order valence-corrected chi connectivity index (χ0v) is 22.8. The van der Waals surface area contributed by atoms with Crippen molar-refractivity contribution in [3.8, 4) is 0 Å². The lowest BCUT2D eigenvalue weighted by Crippen LogP contribution is -2.54. The van der Waals surface area contributed by atoms with Gasteiger partial charge in [0.05, 0.1) is 34.0 Å². The maximum absolute atomic E-state index is 14.5. The van der Waals surface area contributed by atoms with Gasteiger partial charge in [0.25, 0.3) is 0 Å². The van der Waals surface area contributed by atoms with Crippen molar-refractivity contribution in [3.63, 3.8) is 0 Å². The molecule has 2 atom stereocenters. The van der Waals surface area contributed by atoms with Crippen LogP contribution < -0.4 is 10.3 Å². The molecule has 5 aromatic rings. The molecule has 0 radical (unpaired) electrons. The fourth-order valence-electron chi connectivity index (χ4n) is 7.23. The number of aromatic amines is 1. The maximum Gasteiger partial charge on any atom is 0.239 e. The van der Waals surface area contributed by atoms with Gasteiger partial charge in [0.1, 0.15) is 0 Å². The van der Waals surface area contributed by atoms with Crippen molar-refractivity contribution in [3.05, 3.63) is 124 Å². The number of nitrogens with one attached hydrogen (secondary N) is 2. The van der Waals surface area contributed by atoms with E-state index in [1.54, 1.807) is 12.1 Å². The molecular formula is C33H24ClN5O2. The molecule has 200 valence electrons. The molecule has 0 spiro atoms. The number of fused-ring (bicyclic) bond motifs is 1. The summed E-state index contributed by atoms with van der Waals surface area (Å²) in [6.07, 6.45) is 1.81. The van der Waals surface area contributed by atoms with Gasteiger partial charge in [-0.25, -0.2) is 15.3 Å². The number of imide groups is 1. The lowest BCUT2D eigenvalue weighted by Gasteiger charge is -2.52. The van der Waals surface area contributed by atoms with E-state index in [0.717, 1.165) is 38.9 Å². The van der Waals surface area contributed by atoms with E-state index in [1.807, 2.05) is 67.7 Å². The van der Waals surface area contributed by atoms with Gasteiger partial charge in [-0.05, 0) is 59.0 Å². The van der Waals surface area contributed by atoms with Gasteiger partial charge in [0.2, 0.25) is 17.8 Å². The van der Waals surface area contributed by atoms with E-state index in [2.05, 4.69) is 39.7 Å². The highest BCUT2D eigenvalue weighted by Gasteiger charge is 2.68. The average Bonchev–Trinajstić information content (AvgIpc) is 3.53. The number of aryl methyl sites for hydroxylation is 1. The van der Waals surface area contributed by atoms with Crippen molar-refractivity contribution < 1.29 is 9.59 Å². The average molecular weight is 558 g/mol. The Morgan fingerprint density at radius 3 is 2.32 bits per heavy atom. The quantitative estimate of drug-likeness (QED) is 0.157. The van der Waals surface area contributed by atoms with Crippen molar-refractivity contribution in [1.29, 1.82) is 0 Å². The van der Waals surface area contributed by atoms with E-state index in [1.165, 1.54) is 4.90 Å². The number of para-hydroxylation sites is 2. The first-order chi connectivity index (χ1) is 20.0. The monoisotopic (exact) mass is 557 g/mol. The Bertz CT molecular complexity index is 1860. The Balaban J connectivity index is 1.32. The summed E-state index contributed by atoms with van der Waals surface area (Å²) >= 11 is 6.45. The number of hydrogen-bond acceptors (Lipinski definition) is 5. The number of aromatic nitrogens is 2. The first-order valence-corrected chi connectivity index (χ1v) is 13.9. The fraction of sp³-hybridized carbons (Fsp3) is 0.152. The number of carbonyl (C=O) groups is 2. The Labute approximate surface area is 240 Å². The van der Waals surface area contributed by atoms with E-state index in [4.69, 9.17) is 16.7 Å². The third kappa shape index (κ3) is 3.21. The number of anilines is 2. The Morgan fingerprint density at radius 1 is 0.927 bits per heavy atom. The first kappa shape index (κ1) is 24.1. The van der Waals surface area contributed by atoms with Crippen molar-refractivity contribution in [1.82, 2.24) is 9.97 Å². The van der Waals surface area contributed by atoms with Gasteiger partial charge in [-0.1, -0.05) is 78.3 Å². The number of carbonyl (C=O) groups excluding carboxylic acids is 2. The molecule has 7 nitrogen and oxygen atoms in total. The van der Waals surface area contributed by atoms with E-state index in [0.29, 0.717) is 16.7 Å². The minimum absolute atomic E-state index is 0.211. The van der Waals surface area contributed by atoms with Gasteiger partial charge in [-0.2, -0.15) is 5.10 Å². The number of halogens is 1. The van der Waals surface area contributed by atoms with E-state index in [-0.39, 0.29) is 17.7 Å². The van der Waals surface area contributed by atoms with Crippen LogP contribution in [0, 0.1) is 18.8 Å². The number of rotatable bonds is 4. The summed E-state index contributed by atoms with van der Waals surface area (Å²) in [5.74, 6) is -1.46. The van der Waals surface area contributed by atoms with Crippen molar-refractivity contribution in [2.45, 2.75) is 18.3 Å². The lowest BCUT2D eigenvalue weighted by molar-refractivity contribution is -0.122. The zero-order chi connectivity index (χ0) is 27.9. The summed E-state index contributed by atoms with van der Waals surface area (Å²) in [5, 5.41) is 5.21. The summed E-state index contributed by atoms with van der Waals surface area (Å²) in [7, 11) is 0. The molecule has 2 bridgehead atoms. The van der Waals surface area contributed by atoms with Crippen LogP contribution in [-0.2, 0) is 15.0 Å². The third-order valence-corrected chi connectivity index (χ3v) is 9.33. The molecule has 3 aliphatic carbocycles. The van der Waals surface area contributed by atoms with Gasteiger partial charge >= 0.3 is 0 Å². The SMILES string of the molecule is Cc1ccc(N2C(=O)[C@@H]3C4c5ccccc5C(/C=N\Nc5nc6ccccc6[nH]5)(c5ccccc54)[C@H]3C2=O)cc1Cl. The number of benzene rings is 4. The molecule has 1 saturated heterocycles. The Kier molecular flexibility index (Phi) is 5.06. The number of hydrogen-bond donors (Lipinski definition) is 2. The summed E-state index contributed by atoms with van der Waals surface area (Å²) in [6.45, 7) is 1.90. The van der Waals surface area contributed by atoms with Crippen molar-refractivity contribution in [2.75, 3.05) is 10.3 Å². The van der Waals surface area contributed by atoms with Gasteiger partial charge in [0.15, 0.2) is 0 Å². The van der Waals surface area contributed by atoms with Crippen LogP contribution in [-0.4, -0.2) is 28.0 Å². The topological polar surface area (TPSA) is 90.4 Å². The van der Waals surface area contributed by atoms with Crippen LogP contribution >= 0.6 is 11.6 Å². The molecule has 0 saturated carbocycles. The second-order valence-electron chi connectivity index (χ2n) is 10.9. The van der Waals surface area contributed by atoms with Crippen LogP contribution in [0.25, 0.3) is 11.0 Å². The highest BCUT2D eigenvalue weighted by atomic mass is 35.5. The normalized spacial score (nSPS) is 24.1. The van der Waals surface area contributed by atoms with Crippen molar-refractivity contribution >= 4 is 52.3 Å². The maximum atomic E-state index is 14.5. The molecule has 8 heteroatoms. The summed E-state index contributed by atoms with van der Waals surface area (Å²) in [4.78, 5) is 37.9. The number of amides is 2. The van der Waals surface area contributed by atoms with Crippen LogP contribution in [0.2, 0.25) is 5.02 Å². The van der Waals surface area contributed by atoms with Gasteiger partial charge < -0.3 is 4.98 Å². The molecule has 2 heterocycles. The second kappa shape index (κ2) is 8.62. The molecule has 4 aliphatic rings. The minimum atomic E-state index is -0.971. The fourth-order valence-corrected chi connectivity index (χ4v) is 7.40. The number of hydrazone groups is 1. The van der Waals surface area contributed by atoms with Crippen LogP contribution in [0.4, 0.5) is 11.6 Å². The molecule has 1 fully saturated rings. The Morgan fingerprint density at radius 2 is 1.61 bits per heavy atom. The summed E-state index contributed by atoms with van der Waals surface area (Å²) < 4.78 is 0. The lowest BCUT2D eigenvalue weighted by atomic mass is 9.47. The molecule has 9 rings (SSSR count). The highest BCUT2D eigenvalue weighted by molar-refractivity contribution is 6.32. The molecule has 1 aromatic heterocycles. The van der Waals surface area contributed by atoms with Crippen LogP contribution in [0.15, 0.2) is 96.1 Å². The van der Waals surface area contributed by atoms with E-state index < -0.39 is 17.3 Å². The van der Waals surface area contributed by atoms with Gasteiger partial charge in [-0.3, -0.25) is 9.59 Å². The first-order valence-electron chi connectivity index (χ1n) is 13.6. The molecule has 41 heavy (non-hydrogen) atoms. The van der Waals surface area contributed by atoms with Crippen molar-refractivity contribution in [2.24, 2.45) is 16.9 Å². The van der Waals surface area contributed by atoms with E-state index >= 15 is 0 Å². The molecule has 2 amide bonds. The second-order valence-corrected chi connectivity index (χ2v) is 11.3. The molecule has 2 N–H and O–H groups in total. The number of imidazole rings is 1. The van der Waals surface area contributed by atoms with Crippen LogP contribution in [0.3, 0.4) is 0 Å². The molecule has 1 aliphatic heterocycles. The summed E-state index contributed by atoms with van der Waals surface area (Å²) in [5.41, 5.74) is 9.25. The highest BCUT2D eigenvalue weighted by Crippen LogP contribution is 2.63. The Hall–Kier alpha value is -4.75. The molecule has 0 unspecified atom stereocenters. The predicted octanol–water partition coefficient (Wildman–Crippen LogP) is 6.17. The van der Waals surface area contributed by atoms with Gasteiger partial charge in [-0.15, -0.1) is 0 Å². The minimum Gasteiger partial charge on any atom is -0.323 e. The van der Waals surface area contributed by atoms with Crippen LogP contribution in [0.1, 0.15) is 33.7 Å². The number of H-pyrrole nitrogens is 1. The van der Waals surface area contributed by atoms with Gasteiger partial charge in [0, 0.05) is 17.2 Å². The predicted molar refractivity (Wildman–Crippen MR) is 159 cm³/mol. The standard InChI is InChI=1S/C33H24ClN5O2/c1-18-14-15-19(16-24(18)34)39-30(40)28-27-20-8-2-4-10-22(20)33(29(28)31(39)41,23-11-5-3-9-21(23)27)17-35-38-32-36-25-12-6-7-13-26(25)37-32/h2-17,27-29H,1H3,(H2,36,37,38)/b35-17-/t27?,28-,29-,33?/m1/s1. The molecular weight excluding hydrogens is 534 g/mol. The summed E-state index contributed by atoms with van der Waals surface area (Å²) in [6, 6.07) is 29.3. The zero-order valence-electron chi connectivity index (χ0n) is 22.0. The third-order valence-electron chi connectivity index (χ3n) is 8.93. The smallest absolute Gasteiger partial charge is 0.239 e. The molecule has 4 aromatic carbocycles. The van der Waals surface area contributed by atoms with Crippen LogP contribution in [0.5, 0.6) is 0 Å².